The minimum absolute atomic E-state index is 0.106. The van der Waals surface area contributed by atoms with Crippen molar-refractivity contribution in [1.82, 2.24) is 10.2 Å². The van der Waals surface area contributed by atoms with Gasteiger partial charge in [0, 0.05) is 19.6 Å². The molecule has 3 N–H and O–H groups in total. The van der Waals surface area contributed by atoms with Crippen molar-refractivity contribution in [1.29, 1.82) is 0 Å². The Morgan fingerprint density at radius 2 is 1.85 bits per heavy atom. The second kappa shape index (κ2) is 9.74. The molecule has 1 aromatic carbocycles. The molecule has 6 nitrogen and oxygen atoms in total. The second-order valence-corrected chi connectivity index (χ2v) is 8.29. The van der Waals surface area contributed by atoms with Crippen molar-refractivity contribution in [2.45, 2.75) is 58.1 Å². The van der Waals surface area contributed by atoms with Gasteiger partial charge in [-0.15, -0.1) is 0 Å². The van der Waals surface area contributed by atoms with E-state index in [2.05, 4.69) is 5.32 Å². The van der Waals surface area contributed by atoms with Crippen LogP contribution in [0.15, 0.2) is 30.3 Å². The number of rotatable bonds is 6. The van der Waals surface area contributed by atoms with Gasteiger partial charge < -0.3 is 20.7 Å². The highest BCUT2D eigenvalue weighted by Crippen LogP contribution is 2.21. The highest BCUT2D eigenvalue weighted by molar-refractivity contribution is 5.81. The summed E-state index contributed by atoms with van der Waals surface area (Å²) in [6.07, 6.45) is 3.09. The lowest BCUT2D eigenvalue weighted by Crippen LogP contribution is -2.44. The molecule has 6 heteroatoms. The van der Waals surface area contributed by atoms with Gasteiger partial charge in [0.1, 0.15) is 5.60 Å². The van der Waals surface area contributed by atoms with E-state index in [1.807, 2.05) is 51.1 Å². The molecular formula is C21H33N3O3. The van der Waals surface area contributed by atoms with E-state index in [0.29, 0.717) is 32.0 Å². The first-order valence-corrected chi connectivity index (χ1v) is 9.80. The van der Waals surface area contributed by atoms with Crippen molar-refractivity contribution >= 4 is 12.0 Å². The number of nitrogens with one attached hydrogen (secondary N) is 1. The fraction of sp³-hybridized carbons (Fsp3) is 0.619. The lowest BCUT2D eigenvalue weighted by molar-refractivity contribution is -0.122. The summed E-state index contributed by atoms with van der Waals surface area (Å²) in [4.78, 5) is 26.0. The summed E-state index contributed by atoms with van der Waals surface area (Å²) in [6, 6.07) is 9.27. The van der Waals surface area contributed by atoms with Gasteiger partial charge in [-0.3, -0.25) is 4.79 Å². The van der Waals surface area contributed by atoms with Crippen molar-refractivity contribution < 1.29 is 14.3 Å². The van der Waals surface area contributed by atoms with Crippen LogP contribution in [0.1, 0.15) is 45.6 Å². The molecule has 1 fully saturated rings. The topological polar surface area (TPSA) is 84.7 Å². The summed E-state index contributed by atoms with van der Waals surface area (Å²) >= 11 is 0. The van der Waals surface area contributed by atoms with Crippen LogP contribution in [0.3, 0.4) is 0 Å². The maximum absolute atomic E-state index is 12.2. The Balaban J connectivity index is 1.64. The maximum Gasteiger partial charge on any atom is 0.410 e. The fourth-order valence-electron chi connectivity index (χ4n) is 3.22. The van der Waals surface area contributed by atoms with Gasteiger partial charge in [0.2, 0.25) is 5.91 Å². The van der Waals surface area contributed by atoms with Gasteiger partial charge in [0.25, 0.3) is 0 Å². The number of hydrogen-bond acceptors (Lipinski definition) is 4. The van der Waals surface area contributed by atoms with Crippen LogP contribution in [0, 0.1) is 5.92 Å². The number of hydrogen-bond donors (Lipinski definition) is 2. The molecule has 27 heavy (non-hydrogen) atoms. The van der Waals surface area contributed by atoms with Crippen LogP contribution in [0.5, 0.6) is 0 Å². The number of nitrogens with two attached hydrogens (primary N) is 1. The zero-order chi connectivity index (χ0) is 19.9. The van der Waals surface area contributed by atoms with Gasteiger partial charge in [-0.05, 0) is 57.9 Å². The Kier molecular flexibility index (Phi) is 7.66. The van der Waals surface area contributed by atoms with E-state index in [4.69, 9.17) is 10.5 Å². The quantitative estimate of drug-likeness (QED) is 0.801. The van der Waals surface area contributed by atoms with E-state index in [1.54, 1.807) is 4.90 Å². The Morgan fingerprint density at radius 1 is 1.22 bits per heavy atom. The highest BCUT2D eigenvalue weighted by atomic mass is 16.6. The fourth-order valence-corrected chi connectivity index (χ4v) is 3.22. The van der Waals surface area contributed by atoms with Crippen LogP contribution in [0.2, 0.25) is 0 Å². The highest BCUT2D eigenvalue weighted by Gasteiger charge is 2.26. The molecule has 0 saturated carbocycles. The molecule has 1 atom stereocenters. The Hall–Kier alpha value is -2.08. The van der Waals surface area contributed by atoms with E-state index in [1.165, 1.54) is 0 Å². The predicted molar refractivity (Wildman–Crippen MR) is 106 cm³/mol. The number of benzene rings is 1. The van der Waals surface area contributed by atoms with Gasteiger partial charge in [0.15, 0.2) is 0 Å². The van der Waals surface area contributed by atoms with Crippen LogP contribution >= 0.6 is 0 Å². The molecule has 1 unspecified atom stereocenters. The van der Waals surface area contributed by atoms with Crippen LogP contribution in [-0.2, 0) is 16.0 Å². The molecule has 0 bridgehead atoms. The van der Waals surface area contributed by atoms with E-state index in [0.717, 1.165) is 24.8 Å². The molecular weight excluding hydrogens is 342 g/mol. The molecule has 0 aliphatic carbocycles. The number of ether oxygens (including phenoxy) is 1. The third kappa shape index (κ3) is 7.59. The predicted octanol–water partition coefficient (Wildman–Crippen LogP) is 2.71. The number of likely N-dealkylation sites (tertiary alicyclic amines) is 1. The van der Waals surface area contributed by atoms with E-state index >= 15 is 0 Å². The summed E-state index contributed by atoms with van der Waals surface area (Å²) in [7, 11) is 0. The summed E-state index contributed by atoms with van der Waals surface area (Å²) in [6.45, 7) is 7.68. The lowest BCUT2D eigenvalue weighted by Gasteiger charge is -2.33. The normalized spacial score (nSPS) is 16.7. The monoisotopic (exact) mass is 375 g/mol. The Labute approximate surface area is 162 Å². The zero-order valence-corrected chi connectivity index (χ0v) is 16.7. The molecule has 150 valence electrons. The summed E-state index contributed by atoms with van der Waals surface area (Å²) in [5.74, 6) is 0.402. The van der Waals surface area contributed by atoms with Gasteiger partial charge in [-0.1, -0.05) is 30.3 Å². The standard InChI is InChI=1S/C21H33N3O3/c1-21(2,3)27-20(26)24-13-10-16(11-14-24)9-12-23-19(25)18(22)15-17-7-5-4-6-8-17/h4-8,16,18H,9-15,22H2,1-3H3,(H,23,25). The molecule has 1 aliphatic heterocycles. The van der Waals surface area contributed by atoms with E-state index in [-0.39, 0.29) is 12.0 Å². The SMILES string of the molecule is CC(C)(C)OC(=O)N1CCC(CCNC(=O)C(N)Cc2ccccc2)CC1. The van der Waals surface area contributed by atoms with Gasteiger partial charge >= 0.3 is 6.09 Å². The Morgan fingerprint density at radius 3 is 2.44 bits per heavy atom. The van der Waals surface area contributed by atoms with Crippen LogP contribution in [-0.4, -0.2) is 48.2 Å². The van der Waals surface area contributed by atoms with Crippen molar-refractivity contribution in [3.05, 3.63) is 35.9 Å². The third-order valence-corrected chi connectivity index (χ3v) is 4.75. The first-order valence-electron chi connectivity index (χ1n) is 9.80. The van der Waals surface area contributed by atoms with Gasteiger partial charge in [0.05, 0.1) is 6.04 Å². The smallest absolute Gasteiger partial charge is 0.410 e. The molecule has 1 aromatic rings. The van der Waals surface area contributed by atoms with Crippen molar-refractivity contribution in [2.24, 2.45) is 11.7 Å². The maximum atomic E-state index is 12.2. The molecule has 0 radical (unpaired) electrons. The number of amides is 2. The number of carbonyl (C=O) groups excluding carboxylic acids is 2. The number of nitrogens with zero attached hydrogens (tertiary/aromatic N) is 1. The minimum atomic E-state index is -0.526. The summed E-state index contributed by atoms with van der Waals surface area (Å²) < 4.78 is 5.42. The summed E-state index contributed by atoms with van der Waals surface area (Å²) in [5, 5.41) is 2.95. The molecule has 0 aromatic heterocycles. The molecule has 1 saturated heterocycles. The first kappa shape index (κ1) is 21.2. The number of carbonyl (C=O) groups is 2. The van der Waals surface area contributed by atoms with Crippen molar-refractivity contribution in [3.63, 3.8) is 0 Å². The zero-order valence-electron chi connectivity index (χ0n) is 16.7. The van der Waals surface area contributed by atoms with Gasteiger partial charge in [-0.2, -0.15) is 0 Å². The van der Waals surface area contributed by atoms with E-state index in [9.17, 15) is 9.59 Å². The first-order chi connectivity index (χ1) is 12.7. The van der Waals surface area contributed by atoms with E-state index < -0.39 is 11.6 Å². The second-order valence-electron chi connectivity index (χ2n) is 8.29. The average Bonchev–Trinajstić information content (AvgIpc) is 2.61. The molecule has 0 spiro atoms. The molecule has 1 heterocycles. The molecule has 2 amide bonds. The van der Waals surface area contributed by atoms with Crippen LogP contribution < -0.4 is 11.1 Å². The molecule has 1 aliphatic rings. The van der Waals surface area contributed by atoms with Crippen molar-refractivity contribution in [2.75, 3.05) is 19.6 Å². The largest absolute Gasteiger partial charge is 0.444 e. The Bertz CT molecular complexity index is 605. The van der Waals surface area contributed by atoms with Gasteiger partial charge in [-0.25, -0.2) is 4.79 Å². The third-order valence-electron chi connectivity index (χ3n) is 4.75. The van der Waals surface area contributed by atoms with Crippen molar-refractivity contribution in [3.8, 4) is 0 Å². The minimum Gasteiger partial charge on any atom is -0.444 e. The van der Waals surface area contributed by atoms with Crippen LogP contribution in [0.4, 0.5) is 4.79 Å². The molecule has 2 rings (SSSR count). The number of piperidine rings is 1. The summed E-state index contributed by atoms with van der Waals surface area (Å²) in [5.41, 5.74) is 6.60. The average molecular weight is 376 g/mol. The van der Waals surface area contributed by atoms with Crippen LogP contribution in [0.25, 0.3) is 0 Å². The lowest BCUT2D eigenvalue weighted by atomic mass is 9.93.